The van der Waals surface area contributed by atoms with Crippen molar-refractivity contribution < 1.29 is 9.59 Å². The number of carbonyl (C=O) groups is 2. The van der Waals surface area contributed by atoms with Crippen LogP contribution in [-0.4, -0.2) is 35.8 Å². The molecule has 4 nitrogen and oxygen atoms in total. The highest BCUT2D eigenvalue weighted by atomic mass is 32.1. The molecule has 1 saturated heterocycles. The molecule has 1 fully saturated rings. The molecule has 0 bridgehead atoms. The Morgan fingerprint density at radius 3 is 2.56 bits per heavy atom. The zero-order chi connectivity index (χ0) is 19.4. The van der Waals surface area contributed by atoms with Gasteiger partial charge < -0.3 is 10.2 Å². The van der Waals surface area contributed by atoms with Crippen LogP contribution in [0.25, 0.3) is 10.4 Å². The van der Waals surface area contributed by atoms with Crippen molar-refractivity contribution in [2.24, 2.45) is 5.41 Å². The third-order valence-corrected chi connectivity index (χ3v) is 6.13. The maximum absolute atomic E-state index is 13.0. The van der Waals surface area contributed by atoms with Crippen molar-refractivity contribution in [1.82, 2.24) is 10.2 Å². The summed E-state index contributed by atoms with van der Waals surface area (Å²) in [6, 6.07) is 12.7. The number of likely N-dealkylation sites (tertiary alicyclic amines) is 1. The number of hydrogen-bond donors (Lipinski definition) is 1. The molecule has 144 valence electrons. The summed E-state index contributed by atoms with van der Waals surface area (Å²) in [4.78, 5) is 28.3. The maximum atomic E-state index is 13.0. The minimum atomic E-state index is -0.542. The molecule has 27 heavy (non-hydrogen) atoms. The van der Waals surface area contributed by atoms with Gasteiger partial charge in [-0.25, -0.2) is 0 Å². The molecule has 0 spiro atoms. The van der Waals surface area contributed by atoms with Crippen LogP contribution in [0.3, 0.4) is 0 Å². The molecule has 1 aliphatic heterocycles. The lowest BCUT2D eigenvalue weighted by molar-refractivity contribution is -0.133. The van der Waals surface area contributed by atoms with Gasteiger partial charge in [0.1, 0.15) is 0 Å². The van der Waals surface area contributed by atoms with Gasteiger partial charge in [-0.05, 0) is 49.3 Å². The highest BCUT2D eigenvalue weighted by Gasteiger charge is 2.45. The number of carbonyl (C=O) groups excluding carboxylic acids is 2. The molecule has 0 aliphatic carbocycles. The third kappa shape index (κ3) is 4.41. The lowest BCUT2D eigenvalue weighted by atomic mass is 9.79. The van der Waals surface area contributed by atoms with E-state index in [1.165, 1.54) is 10.4 Å². The summed E-state index contributed by atoms with van der Waals surface area (Å²) in [5.41, 5.74) is 1.79. The molecule has 0 unspecified atom stereocenters. The van der Waals surface area contributed by atoms with Gasteiger partial charge in [-0.15, -0.1) is 11.3 Å². The van der Waals surface area contributed by atoms with E-state index in [9.17, 15) is 9.59 Å². The average Bonchev–Trinajstić information content (AvgIpc) is 3.32. The van der Waals surface area contributed by atoms with Crippen LogP contribution in [-0.2, 0) is 16.0 Å². The van der Waals surface area contributed by atoms with E-state index in [0.29, 0.717) is 32.4 Å². The van der Waals surface area contributed by atoms with Crippen LogP contribution in [0.15, 0.2) is 41.8 Å². The Hall–Kier alpha value is -2.14. The van der Waals surface area contributed by atoms with Crippen molar-refractivity contribution in [3.63, 3.8) is 0 Å². The smallest absolute Gasteiger partial charge is 0.228 e. The second-order valence-corrected chi connectivity index (χ2v) is 8.63. The van der Waals surface area contributed by atoms with Crippen LogP contribution >= 0.6 is 11.3 Å². The number of hydrogen-bond acceptors (Lipinski definition) is 3. The fourth-order valence-electron chi connectivity index (χ4n) is 3.75. The van der Waals surface area contributed by atoms with Crippen molar-refractivity contribution in [3.05, 3.63) is 47.3 Å². The van der Waals surface area contributed by atoms with Gasteiger partial charge in [0.15, 0.2) is 0 Å². The Bertz CT molecular complexity index is 783. The normalized spacial score (nSPS) is 19.5. The first-order valence-corrected chi connectivity index (χ1v) is 10.5. The Kier molecular flexibility index (Phi) is 6.00. The summed E-state index contributed by atoms with van der Waals surface area (Å²) >= 11 is 1.72. The Balaban J connectivity index is 1.81. The molecule has 1 aromatic heterocycles. The maximum Gasteiger partial charge on any atom is 0.228 e. The van der Waals surface area contributed by atoms with Crippen molar-refractivity contribution >= 4 is 23.2 Å². The highest BCUT2D eigenvalue weighted by molar-refractivity contribution is 7.13. The second-order valence-electron chi connectivity index (χ2n) is 7.68. The minimum absolute atomic E-state index is 0.0613. The average molecular weight is 385 g/mol. The van der Waals surface area contributed by atoms with E-state index in [1.807, 2.05) is 25.7 Å². The third-order valence-electron chi connectivity index (χ3n) is 5.21. The molecule has 5 heteroatoms. The first kappa shape index (κ1) is 19.6. The molecule has 1 aromatic carbocycles. The monoisotopic (exact) mass is 384 g/mol. The zero-order valence-electron chi connectivity index (χ0n) is 16.3. The van der Waals surface area contributed by atoms with Crippen LogP contribution in [0.4, 0.5) is 0 Å². The summed E-state index contributed by atoms with van der Waals surface area (Å²) in [6.07, 6.45) is 1.85. The second kappa shape index (κ2) is 8.26. The number of nitrogens with zero attached hydrogens (tertiary/aromatic N) is 1. The van der Waals surface area contributed by atoms with Crippen LogP contribution in [0.5, 0.6) is 0 Å². The van der Waals surface area contributed by atoms with Crippen molar-refractivity contribution in [2.75, 3.05) is 13.1 Å². The molecule has 2 aromatic rings. The fraction of sp³-hybridized carbons (Fsp3) is 0.455. The first-order valence-electron chi connectivity index (χ1n) is 9.65. The van der Waals surface area contributed by atoms with Gasteiger partial charge in [0, 0.05) is 30.4 Å². The van der Waals surface area contributed by atoms with Crippen LogP contribution in [0.1, 0.15) is 39.2 Å². The number of rotatable bonds is 6. The predicted octanol–water partition coefficient (Wildman–Crippen LogP) is 4.11. The molecule has 1 atom stereocenters. The van der Waals surface area contributed by atoms with Gasteiger partial charge in [0.2, 0.25) is 11.8 Å². The van der Waals surface area contributed by atoms with Gasteiger partial charge in [0.05, 0.1) is 5.41 Å². The lowest BCUT2D eigenvalue weighted by Crippen LogP contribution is -2.47. The predicted molar refractivity (Wildman–Crippen MR) is 111 cm³/mol. The zero-order valence-corrected chi connectivity index (χ0v) is 17.1. The van der Waals surface area contributed by atoms with E-state index >= 15 is 0 Å². The molecule has 2 amide bonds. The summed E-state index contributed by atoms with van der Waals surface area (Å²) in [7, 11) is 0. The van der Waals surface area contributed by atoms with Crippen molar-refractivity contribution in [1.29, 1.82) is 0 Å². The van der Waals surface area contributed by atoms with E-state index in [1.54, 1.807) is 11.3 Å². The SMILES string of the molecule is CCC(=O)N1CC[C@](Cc2ccc(-c3cccs3)cc2)(C(=O)NC(C)C)C1. The number of nitrogens with one attached hydrogen (secondary N) is 1. The lowest BCUT2D eigenvalue weighted by Gasteiger charge is -2.29. The highest BCUT2D eigenvalue weighted by Crippen LogP contribution is 2.36. The van der Waals surface area contributed by atoms with Crippen LogP contribution < -0.4 is 5.32 Å². The van der Waals surface area contributed by atoms with E-state index < -0.39 is 5.41 Å². The summed E-state index contributed by atoms with van der Waals surface area (Å²) in [5, 5.41) is 5.16. The summed E-state index contributed by atoms with van der Waals surface area (Å²) in [5.74, 6) is 0.188. The molecular formula is C22H28N2O2S. The van der Waals surface area contributed by atoms with Gasteiger partial charge in [-0.1, -0.05) is 37.3 Å². The van der Waals surface area contributed by atoms with Crippen LogP contribution in [0.2, 0.25) is 0 Å². The van der Waals surface area contributed by atoms with Crippen molar-refractivity contribution in [2.45, 2.75) is 46.1 Å². The molecule has 0 radical (unpaired) electrons. The van der Waals surface area contributed by atoms with E-state index in [0.717, 1.165) is 5.56 Å². The minimum Gasteiger partial charge on any atom is -0.353 e. The quantitative estimate of drug-likeness (QED) is 0.815. The largest absolute Gasteiger partial charge is 0.353 e. The van der Waals surface area contributed by atoms with Gasteiger partial charge in [-0.3, -0.25) is 9.59 Å². The number of benzene rings is 1. The Morgan fingerprint density at radius 1 is 1.22 bits per heavy atom. The molecule has 1 N–H and O–H groups in total. The standard InChI is InChI=1S/C22H28N2O2S/c1-4-20(25)24-12-11-22(15-24,21(26)23-16(2)3)14-17-7-9-18(10-8-17)19-6-5-13-27-19/h5-10,13,16H,4,11-12,14-15H2,1-3H3,(H,23,26)/t22-/m1/s1. The topological polar surface area (TPSA) is 49.4 Å². The van der Waals surface area contributed by atoms with E-state index in [-0.39, 0.29) is 17.9 Å². The Labute approximate surface area is 165 Å². The summed E-state index contributed by atoms with van der Waals surface area (Å²) < 4.78 is 0. The molecule has 3 rings (SSSR count). The molecule has 0 saturated carbocycles. The van der Waals surface area contributed by atoms with E-state index in [2.05, 4.69) is 47.1 Å². The molecular weight excluding hydrogens is 356 g/mol. The number of amides is 2. The molecule has 2 heterocycles. The fourth-order valence-corrected chi connectivity index (χ4v) is 4.49. The summed E-state index contributed by atoms with van der Waals surface area (Å²) in [6.45, 7) is 6.99. The Morgan fingerprint density at radius 2 is 1.96 bits per heavy atom. The van der Waals surface area contributed by atoms with Gasteiger partial charge in [-0.2, -0.15) is 0 Å². The van der Waals surface area contributed by atoms with Gasteiger partial charge in [0.25, 0.3) is 0 Å². The molecule has 1 aliphatic rings. The van der Waals surface area contributed by atoms with Gasteiger partial charge >= 0.3 is 0 Å². The first-order chi connectivity index (χ1) is 12.9. The van der Waals surface area contributed by atoms with E-state index in [4.69, 9.17) is 0 Å². The number of thiophene rings is 1. The van der Waals surface area contributed by atoms with Crippen molar-refractivity contribution in [3.8, 4) is 10.4 Å². The van der Waals surface area contributed by atoms with Crippen LogP contribution in [0, 0.1) is 5.41 Å².